The molecule has 0 atom stereocenters. The van der Waals surface area contributed by atoms with Crippen LogP contribution in [0.15, 0.2) is 30.3 Å². The highest BCUT2D eigenvalue weighted by Gasteiger charge is 2.28. The third-order valence-electron chi connectivity index (χ3n) is 4.23. The number of hydrogen-bond acceptors (Lipinski definition) is 4. The molecule has 0 aliphatic carbocycles. The van der Waals surface area contributed by atoms with Gasteiger partial charge in [0.2, 0.25) is 10.0 Å². The third kappa shape index (κ3) is 3.72. The molecule has 1 aromatic heterocycles. The van der Waals surface area contributed by atoms with Crippen LogP contribution in [-0.2, 0) is 17.1 Å². The van der Waals surface area contributed by atoms with E-state index in [1.165, 1.54) is 27.4 Å². The fourth-order valence-corrected chi connectivity index (χ4v) is 3.64. The minimum Gasteiger partial charge on any atom is -0.335 e. The fraction of sp³-hybridized carbons (Fsp3) is 0.375. The second-order valence-corrected chi connectivity index (χ2v) is 7.98. The Hall–Kier alpha value is -2.26. The monoisotopic (exact) mass is 366 g/mol. The van der Waals surface area contributed by atoms with Crippen LogP contribution in [0.25, 0.3) is 11.3 Å². The first-order valence-corrected chi connectivity index (χ1v) is 9.65. The Balaban J connectivity index is 1.76. The summed E-state index contributed by atoms with van der Waals surface area (Å²) >= 11 is 0. The van der Waals surface area contributed by atoms with Gasteiger partial charge in [0, 0.05) is 38.8 Å². The normalized spacial score (nSPS) is 16.2. The summed E-state index contributed by atoms with van der Waals surface area (Å²) in [5.41, 5.74) is 1.71. The van der Waals surface area contributed by atoms with E-state index in [1.807, 2.05) is 0 Å². The molecular weight excluding hydrogens is 347 g/mol. The fourth-order valence-electron chi connectivity index (χ4n) is 2.81. The number of piperazine rings is 1. The molecule has 0 unspecified atom stereocenters. The van der Waals surface area contributed by atoms with Crippen LogP contribution < -0.4 is 0 Å². The van der Waals surface area contributed by atoms with Crippen molar-refractivity contribution in [2.24, 2.45) is 7.05 Å². The Morgan fingerprint density at radius 3 is 2.28 bits per heavy atom. The second-order valence-electron chi connectivity index (χ2n) is 6.00. The van der Waals surface area contributed by atoms with Gasteiger partial charge in [0.05, 0.1) is 11.9 Å². The molecule has 0 spiro atoms. The van der Waals surface area contributed by atoms with Gasteiger partial charge in [0.1, 0.15) is 11.5 Å². The van der Waals surface area contributed by atoms with Crippen molar-refractivity contribution in [2.75, 3.05) is 32.4 Å². The van der Waals surface area contributed by atoms with E-state index in [0.717, 1.165) is 5.56 Å². The molecule has 9 heteroatoms. The zero-order valence-electron chi connectivity index (χ0n) is 14.0. The van der Waals surface area contributed by atoms with Gasteiger partial charge >= 0.3 is 0 Å². The van der Waals surface area contributed by atoms with Crippen molar-refractivity contribution in [3.05, 3.63) is 41.8 Å². The molecule has 1 aliphatic heterocycles. The Morgan fingerprint density at radius 1 is 1.12 bits per heavy atom. The lowest BCUT2D eigenvalue weighted by atomic mass is 10.1. The molecule has 1 saturated heterocycles. The summed E-state index contributed by atoms with van der Waals surface area (Å²) in [5, 5.41) is 4.32. The summed E-state index contributed by atoms with van der Waals surface area (Å²) in [4.78, 5) is 14.3. The zero-order chi connectivity index (χ0) is 18.2. The number of rotatable bonds is 3. The molecule has 3 rings (SSSR count). The molecule has 25 heavy (non-hydrogen) atoms. The van der Waals surface area contributed by atoms with Gasteiger partial charge in [-0.3, -0.25) is 9.48 Å². The van der Waals surface area contributed by atoms with E-state index in [2.05, 4.69) is 5.10 Å². The SMILES string of the molecule is Cn1nc(-c2ccc(F)cc2)cc1C(=O)N1CCN(S(C)(=O)=O)CC1. The first kappa shape index (κ1) is 17.6. The van der Waals surface area contributed by atoms with Crippen molar-refractivity contribution in [1.82, 2.24) is 19.0 Å². The lowest BCUT2D eigenvalue weighted by molar-refractivity contribution is 0.0687. The maximum atomic E-state index is 13.0. The van der Waals surface area contributed by atoms with Gasteiger partial charge in [-0.25, -0.2) is 12.8 Å². The Labute approximate surface area is 145 Å². The quantitative estimate of drug-likeness (QED) is 0.810. The second kappa shape index (κ2) is 6.57. The molecule has 7 nitrogen and oxygen atoms in total. The third-order valence-corrected chi connectivity index (χ3v) is 5.54. The van der Waals surface area contributed by atoms with Gasteiger partial charge in [0.25, 0.3) is 5.91 Å². The van der Waals surface area contributed by atoms with Gasteiger partial charge in [-0.15, -0.1) is 0 Å². The average Bonchev–Trinajstić information content (AvgIpc) is 2.96. The van der Waals surface area contributed by atoms with Crippen LogP contribution in [0.4, 0.5) is 4.39 Å². The summed E-state index contributed by atoms with van der Waals surface area (Å²) in [7, 11) is -1.56. The lowest BCUT2D eigenvalue weighted by Crippen LogP contribution is -2.50. The average molecular weight is 366 g/mol. The molecule has 1 fully saturated rings. The van der Waals surface area contributed by atoms with Crippen molar-refractivity contribution in [1.29, 1.82) is 0 Å². The summed E-state index contributed by atoms with van der Waals surface area (Å²) in [6.07, 6.45) is 1.17. The molecule has 1 aliphatic rings. The van der Waals surface area contributed by atoms with Crippen molar-refractivity contribution < 1.29 is 17.6 Å². The number of benzene rings is 1. The van der Waals surface area contributed by atoms with Crippen LogP contribution in [0, 0.1) is 5.82 Å². The van der Waals surface area contributed by atoms with Crippen LogP contribution in [0.1, 0.15) is 10.5 Å². The van der Waals surface area contributed by atoms with Crippen molar-refractivity contribution in [3.63, 3.8) is 0 Å². The predicted molar refractivity (Wildman–Crippen MR) is 90.9 cm³/mol. The molecule has 1 amide bonds. The van der Waals surface area contributed by atoms with Crippen molar-refractivity contribution >= 4 is 15.9 Å². The van der Waals surface area contributed by atoms with Crippen LogP contribution in [0.2, 0.25) is 0 Å². The van der Waals surface area contributed by atoms with E-state index in [4.69, 9.17) is 0 Å². The minimum atomic E-state index is -3.24. The molecule has 0 saturated carbocycles. The summed E-state index contributed by atoms with van der Waals surface area (Å²) < 4.78 is 39.0. The van der Waals surface area contributed by atoms with Crippen LogP contribution in [0.5, 0.6) is 0 Å². The minimum absolute atomic E-state index is 0.198. The van der Waals surface area contributed by atoms with E-state index < -0.39 is 10.0 Å². The topological polar surface area (TPSA) is 75.5 Å². The molecule has 0 radical (unpaired) electrons. The number of amides is 1. The molecular formula is C16H19FN4O3S. The molecule has 2 heterocycles. The van der Waals surface area contributed by atoms with Gasteiger partial charge < -0.3 is 4.90 Å². The molecule has 1 aromatic carbocycles. The largest absolute Gasteiger partial charge is 0.335 e. The highest BCUT2D eigenvalue weighted by atomic mass is 32.2. The summed E-state index contributed by atoms with van der Waals surface area (Å²) in [6.45, 7) is 1.24. The van der Waals surface area contributed by atoms with Crippen LogP contribution in [-0.4, -0.2) is 65.7 Å². The first-order chi connectivity index (χ1) is 11.8. The highest BCUT2D eigenvalue weighted by molar-refractivity contribution is 7.88. The maximum Gasteiger partial charge on any atom is 0.272 e. The van der Waals surface area contributed by atoms with E-state index in [-0.39, 0.29) is 24.8 Å². The summed E-state index contributed by atoms with van der Waals surface area (Å²) in [5.74, 6) is -0.531. The summed E-state index contributed by atoms with van der Waals surface area (Å²) in [6, 6.07) is 7.57. The number of hydrogen-bond donors (Lipinski definition) is 0. The molecule has 2 aromatic rings. The van der Waals surface area contributed by atoms with Gasteiger partial charge in [0.15, 0.2) is 0 Å². The van der Waals surface area contributed by atoms with E-state index in [0.29, 0.717) is 24.5 Å². The van der Waals surface area contributed by atoms with Crippen LogP contribution in [0.3, 0.4) is 0 Å². The number of carbonyl (C=O) groups excluding carboxylic acids is 1. The number of nitrogens with zero attached hydrogens (tertiary/aromatic N) is 4. The highest BCUT2D eigenvalue weighted by Crippen LogP contribution is 2.20. The lowest BCUT2D eigenvalue weighted by Gasteiger charge is -2.33. The van der Waals surface area contributed by atoms with Crippen molar-refractivity contribution in [3.8, 4) is 11.3 Å². The molecule has 0 N–H and O–H groups in total. The Morgan fingerprint density at radius 2 is 1.72 bits per heavy atom. The maximum absolute atomic E-state index is 13.0. The van der Waals surface area contributed by atoms with E-state index in [1.54, 1.807) is 30.1 Å². The van der Waals surface area contributed by atoms with Gasteiger partial charge in [-0.05, 0) is 30.3 Å². The molecule has 134 valence electrons. The predicted octanol–water partition coefficient (Wildman–Crippen LogP) is 0.944. The number of sulfonamides is 1. The number of aromatic nitrogens is 2. The Bertz CT molecular complexity index is 885. The van der Waals surface area contributed by atoms with Gasteiger partial charge in [-0.1, -0.05) is 0 Å². The molecule has 0 bridgehead atoms. The smallest absolute Gasteiger partial charge is 0.272 e. The number of halogens is 1. The standard InChI is InChI=1S/C16H19FN4O3S/c1-19-15(11-14(18-19)12-3-5-13(17)6-4-12)16(22)20-7-9-21(10-8-20)25(2,23)24/h3-6,11H,7-10H2,1-2H3. The van der Waals surface area contributed by atoms with Crippen molar-refractivity contribution in [2.45, 2.75) is 0 Å². The number of aryl methyl sites for hydroxylation is 1. The Kier molecular flexibility index (Phi) is 4.61. The van der Waals surface area contributed by atoms with Gasteiger partial charge in [-0.2, -0.15) is 9.40 Å². The van der Waals surface area contributed by atoms with E-state index in [9.17, 15) is 17.6 Å². The number of carbonyl (C=O) groups is 1. The zero-order valence-corrected chi connectivity index (χ0v) is 14.8. The van der Waals surface area contributed by atoms with Crippen LogP contribution >= 0.6 is 0 Å². The first-order valence-electron chi connectivity index (χ1n) is 7.80. The van der Waals surface area contributed by atoms with E-state index >= 15 is 0 Å².